The lowest BCUT2D eigenvalue weighted by molar-refractivity contribution is -0.137. The Morgan fingerprint density at radius 1 is 1.50 bits per heavy atom. The smallest absolute Gasteiger partial charge is 0.303 e. The highest BCUT2D eigenvalue weighted by atomic mass is 16.4. The van der Waals surface area contributed by atoms with E-state index in [1.165, 1.54) is 6.92 Å². The lowest BCUT2D eigenvalue weighted by Crippen LogP contribution is -2.39. The minimum absolute atomic E-state index is 0.0206. The fourth-order valence-corrected chi connectivity index (χ4v) is 0.881. The Labute approximate surface area is 81.0 Å². The average Bonchev–Trinajstić information content (AvgIpc) is 2.10. The molecule has 2 amide bonds. The number of aliphatic carboxylic acids is 1. The van der Waals surface area contributed by atoms with Gasteiger partial charge in [0.2, 0.25) is 5.91 Å². The van der Waals surface area contributed by atoms with E-state index >= 15 is 0 Å². The predicted octanol–water partition coefficient (Wildman–Crippen LogP) is -0.417. The summed E-state index contributed by atoms with van der Waals surface area (Å²) in [6.07, 6.45) is -0.182. The Balaban J connectivity index is 4.24. The van der Waals surface area contributed by atoms with Gasteiger partial charge in [0.15, 0.2) is 0 Å². The van der Waals surface area contributed by atoms with Crippen LogP contribution in [-0.4, -0.2) is 35.6 Å². The van der Waals surface area contributed by atoms with Crippen LogP contribution in [0.25, 0.3) is 0 Å². The van der Waals surface area contributed by atoms with E-state index in [4.69, 9.17) is 5.11 Å². The number of nitrogens with one attached hydrogen (secondary N) is 1. The first-order valence-electron chi connectivity index (χ1n) is 3.96. The van der Waals surface area contributed by atoms with Crippen molar-refractivity contribution in [3.05, 3.63) is 0 Å². The van der Waals surface area contributed by atoms with Crippen LogP contribution in [0.4, 0.5) is 0 Å². The highest BCUT2D eigenvalue weighted by Gasteiger charge is 2.18. The summed E-state index contributed by atoms with van der Waals surface area (Å²) in [5, 5.41) is 10.7. The molecule has 78 valence electrons. The average molecular weight is 200 g/mol. The predicted molar refractivity (Wildman–Crippen MR) is 49.0 cm³/mol. The molecule has 0 spiro atoms. The van der Waals surface area contributed by atoms with Crippen molar-refractivity contribution in [1.29, 1.82) is 0 Å². The number of carbonyl (C=O) groups is 3. The third-order valence-electron chi connectivity index (χ3n) is 1.48. The second-order valence-electron chi connectivity index (χ2n) is 2.68. The summed E-state index contributed by atoms with van der Waals surface area (Å²) in [7, 11) is 0. The van der Waals surface area contributed by atoms with Crippen LogP contribution in [0, 0.1) is 0 Å². The molecule has 0 heterocycles. The van der Waals surface area contributed by atoms with Gasteiger partial charge in [-0.2, -0.15) is 0 Å². The quantitative estimate of drug-likeness (QED) is 0.589. The lowest BCUT2D eigenvalue weighted by atomic mass is 10.1. The number of nitrogens with zero attached hydrogens (tertiary/aromatic N) is 1. The van der Waals surface area contributed by atoms with Crippen molar-refractivity contribution in [3.8, 4) is 0 Å². The summed E-state index contributed by atoms with van der Waals surface area (Å²) in [4.78, 5) is 35.0. The van der Waals surface area contributed by atoms with E-state index < -0.39 is 23.8 Å². The topological polar surface area (TPSA) is 95.8 Å². The van der Waals surface area contributed by atoms with Gasteiger partial charge in [-0.25, -0.2) is 4.99 Å². The van der Waals surface area contributed by atoms with Crippen molar-refractivity contribution in [1.82, 2.24) is 5.32 Å². The lowest BCUT2D eigenvalue weighted by Gasteiger charge is -2.12. The number of carboxylic acid groups (broad SMARTS) is 1. The van der Waals surface area contributed by atoms with Gasteiger partial charge in [0, 0.05) is 13.3 Å². The number of carboxylic acids is 1. The molecule has 0 aromatic rings. The number of hydrogen-bond acceptors (Lipinski definition) is 3. The Bertz CT molecular complexity index is 262. The maximum Gasteiger partial charge on any atom is 0.303 e. The normalized spacial score (nSPS) is 11.5. The largest absolute Gasteiger partial charge is 0.481 e. The second-order valence-corrected chi connectivity index (χ2v) is 2.68. The van der Waals surface area contributed by atoms with Crippen molar-refractivity contribution in [2.45, 2.75) is 25.8 Å². The van der Waals surface area contributed by atoms with Crippen molar-refractivity contribution < 1.29 is 19.5 Å². The van der Waals surface area contributed by atoms with Gasteiger partial charge in [0.25, 0.3) is 5.91 Å². The Morgan fingerprint density at radius 3 is 2.43 bits per heavy atom. The van der Waals surface area contributed by atoms with Gasteiger partial charge >= 0.3 is 5.97 Å². The molecule has 0 aliphatic heterocycles. The molecular formula is C8H12N2O4. The zero-order valence-corrected chi connectivity index (χ0v) is 7.82. The first-order chi connectivity index (χ1) is 6.47. The number of hydrogen-bond donors (Lipinski definition) is 2. The van der Waals surface area contributed by atoms with Crippen molar-refractivity contribution in [3.63, 3.8) is 0 Å². The molecule has 0 aliphatic carbocycles. The minimum Gasteiger partial charge on any atom is -0.481 e. The Hall–Kier alpha value is -1.72. The van der Waals surface area contributed by atoms with Crippen molar-refractivity contribution in [2.24, 2.45) is 4.99 Å². The molecule has 0 saturated carbocycles. The van der Waals surface area contributed by atoms with Gasteiger partial charge in [-0.05, 0) is 13.1 Å². The standard InChI is InChI=1S/C8H12N2O4/c1-5(11)10-6(8(14)9-2)3-4-7(12)13/h6H,2-4H2,1H3,(H,10,11)(H,12,13)/t6-/m0/s1. The zero-order chi connectivity index (χ0) is 11.1. The molecule has 0 rings (SSSR count). The van der Waals surface area contributed by atoms with Crippen LogP contribution >= 0.6 is 0 Å². The number of amides is 2. The van der Waals surface area contributed by atoms with Gasteiger partial charge in [0.05, 0.1) is 0 Å². The second kappa shape index (κ2) is 5.85. The number of aliphatic imine (C=N–C) groups is 1. The van der Waals surface area contributed by atoms with Crippen LogP contribution < -0.4 is 5.32 Å². The third kappa shape index (κ3) is 5.02. The van der Waals surface area contributed by atoms with Gasteiger partial charge in [-0.3, -0.25) is 14.4 Å². The summed E-state index contributed by atoms with van der Waals surface area (Å²) in [5.41, 5.74) is 0. The van der Waals surface area contributed by atoms with Crippen LogP contribution in [0.15, 0.2) is 4.99 Å². The molecular weight excluding hydrogens is 188 g/mol. The van der Waals surface area contributed by atoms with Crippen LogP contribution in [0.3, 0.4) is 0 Å². The molecule has 0 aromatic carbocycles. The summed E-state index contributed by atoms with van der Waals surface area (Å²) < 4.78 is 0. The molecule has 0 bridgehead atoms. The van der Waals surface area contributed by atoms with E-state index in [0.29, 0.717) is 0 Å². The minimum atomic E-state index is -1.03. The molecule has 14 heavy (non-hydrogen) atoms. The van der Waals surface area contributed by atoms with Crippen LogP contribution in [-0.2, 0) is 14.4 Å². The molecule has 1 atom stereocenters. The van der Waals surface area contributed by atoms with E-state index in [1.54, 1.807) is 0 Å². The molecule has 0 aromatic heterocycles. The number of carbonyl (C=O) groups excluding carboxylic acids is 2. The Kier molecular flexibility index (Phi) is 5.13. The highest BCUT2D eigenvalue weighted by molar-refractivity contribution is 5.89. The maximum absolute atomic E-state index is 11.0. The van der Waals surface area contributed by atoms with Gasteiger partial charge in [0.1, 0.15) is 6.04 Å². The summed E-state index contributed by atoms with van der Waals surface area (Å²) in [6, 6.07) is -0.888. The summed E-state index contributed by atoms with van der Waals surface area (Å²) in [5.74, 6) is -2.06. The van der Waals surface area contributed by atoms with E-state index in [9.17, 15) is 14.4 Å². The first-order valence-corrected chi connectivity index (χ1v) is 3.96. The highest BCUT2D eigenvalue weighted by Crippen LogP contribution is 1.99. The SMILES string of the molecule is C=NC(=O)[C@H](CCC(=O)O)NC(C)=O. The molecule has 0 unspecified atom stereocenters. The van der Waals surface area contributed by atoms with Crippen LogP contribution in [0.1, 0.15) is 19.8 Å². The molecule has 2 N–H and O–H groups in total. The van der Waals surface area contributed by atoms with Gasteiger partial charge in [-0.1, -0.05) is 0 Å². The fraction of sp³-hybridized carbons (Fsp3) is 0.500. The van der Waals surface area contributed by atoms with E-state index in [1.807, 2.05) is 0 Å². The van der Waals surface area contributed by atoms with E-state index in [-0.39, 0.29) is 12.8 Å². The van der Waals surface area contributed by atoms with E-state index in [2.05, 4.69) is 17.0 Å². The Morgan fingerprint density at radius 2 is 2.07 bits per heavy atom. The monoisotopic (exact) mass is 200 g/mol. The first kappa shape index (κ1) is 12.3. The number of rotatable bonds is 5. The molecule has 0 fully saturated rings. The molecule has 0 saturated heterocycles. The van der Waals surface area contributed by atoms with Crippen molar-refractivity contribution >= 4 is 24.5 Å². The van der Waals surface area contributed by atoms with Gasteiger partial charge < -0.3 is 10.4 Å². The molecule has 6 heteroatoms. The van der Waals surface area contributed by atoms with Crippen LogP contribution in [0.5, 0.6) is 0 Å². The van der Waals surface area contributed by atoms with E-state index in [0.717, 1.165) is 0 Å². The summed E-state index contributed by atoms with van der Waals surface area (Å²) >= 11 is 0. The van der Waals surface area contributed by atoms with Crippen LogP contribution in [0.2, 0.25) is 0 Å². The molecule has 0 aliphatic rings. The summed E-state index contributed by atoms with van der Waals surface area (Å²) in [6.45, 7) is 4.26. The van der Waals surface area contributed by atoms with Crippen molar-refractivity contribution in [2.75, 3.05) is 0 Å². The third-order valence-corrected chi connectivity index (χ3v) is 1.48. The fourth-order valence-electron chi connectivity index (χ4n) is 0.881. The van der Waals surface area contributed by atoms with Gasteiger partial charge in [-0.15, -0.1) is 0 Å². The zero-order valence-electron chi connectivity index (χ0n) is 7.82. The molecule has 0 radical (unpaired) electrons. The maximum atomic E-state index is 11.0. The molecule has 6 nitrogen and oxygen atoms in total.